The van der Waals surface area contributed by atoms with Crippen molar-refractivity contribution in [2.75, 3.05) is 11.9 Å². The zero-order valence-electron chi connectivity index (χ0n) is 6.62. The molecule has 0 unspecified atom stereocenters. The summed E-state index contributed by atoms with van der Waals surface area (Å²) in [6.07, 6.45) is 0. The summed E-state index contributed by atoms with van der Waals surface area (Å²) < 4.78 is 4.22. The fourth-order valence-corrected chi connectivity index (χ4v) is 0.781. The van der Waals surface area contributed by atoms with Crippen LogP contribution in [-0.4, -0.2) is 12.5 Å². The summed E-state index contributed by atoms with van der Waals surface area (Å²) in [7, 11) is 3.01. The van der Waals surface area contributed by atoms with E-state index in [1.165, 1.54) is 0 Å². The Hall–Kier alpha value is -1.51. The third-order valence-corrected chi connectivity index (χ3v) is 1.37. The number of hydrogen-bond donors (Lipinski definition) is 1. The van der Waals surface area contributed by atoms with E-state index in [-0.39, 0.29) is 12.5 Å². The first-order valence-electron chi connectivity index (χ1n) is 3.56. The number of anilines is 1. The highest BCUT2D eigenvalue weighted by atomic mass is 16.5. The molecule has 0 amide bonds. The van der Waals surface area contributed by atoms with Crippen LogP contribution in [-0.2, 0) is 9.53 Å². The predicted molar refractivity (Wildman–Crippen MR) is 46.4 cm³/mol. The van der Waals surface area contributed by atoms with Crippen LogP contribution in [0, 0.1) is 7.11 Å². The number of carbonyl (C=O) groups excluding carboxylic acids is 1. The lowest BCUT2D eigenvalue weighted by Crippen LogP contribution is -2.13. The lowest BCUT2D eigenvalue weighted by atomic mass is 10.3. The van der Waals surface area contributed by atoms with Gasteiger partial charge in [-0.15, -0.1) is 0 Å². The fraction of sp³-hybridized carbons (Fsp3) is 0.111. The smallest absolute Gasteiger partial charge is 0.325 e. The van der Waals surface area contributed by atoms with E-state index in [0.717, 1.165) is 5.69 Å². The molecular formula is C9H10NO2. The molecular weight excluding hydrogens is 154 g/mol. The van der Waals surface area contributed by atoms with Gasteiger partial charge >= 0.3 is 5.97 Å². The maximum absolute atomic E-state index is 10.6. The number of para-hydroxylation sites is 1. The number of carbonyl (C=O) groups is 1. The maximum Gasteiger partial charge on any atom is 0.325 e. The van der Waals surface area contributed by atoms with Gasteiger partial charge in [-0.1, -0.05) is 18.2 Å². The van der Waals surface area contributed by atoms with E-state index in [2.05, 4.69) is 17.2 Å². The van der Waals surface area contributed by atoms with Gasteiger partial charge in [0, 0.05) is 5.69 Å². The molecule has 1 rings (SSSR count). The van der Waals surface area contributed by atoms with Gasteiger partial charge in [-0.3, -0.25) is 4.79 Å². The number of nitrogens with one attached hydrogen (secondary N) is 1. The molecule has 1 aromatic rings. The van der Waals surface area contributed by atoms with E-state index < -0.39 is 0 Å². The van der Waals surface area contributed by atoms with Gasteiger partial charge in [-0.25, -0.2) is 0 Å². The fourth-order valence-electron chi connectivity index (χ4n) is 0.781. The normalized spacial score (nSPS) is 9.08. The van der Waals surface area contributed by atoms with E-state index in [1.54, 1.807) is 0 Å². The Balaban J connectivity index is 2.38. The first-order chi connectivity index (χ1) is 5.83. The van der Waals surface area contributed by atoms with E-state index in [0.29, 0.717) is 0 Å². The van der Waals surface area contributed by atoms with Gasteiger partial charge < -0.3 is 10.1 Å². The summed E-state index contributed by atoms with van der Waals surface area (Å²) in [5.74, 6) is -0.376. The van der Waals surface area contributed by atoms with Gasteiger partial charge in [0.2, 0.25) is 0 Å². The molecule has 0 heterocycles. The van der Waals surface area contributed by atoms with E-state index in [1.807, 2.05) is 30.3 Å². The molecule has 0 aliphatic rings. The van der Waals surface area contributed by atoms with Crippen molar-refractivity contribution in [3.05, 3.63) is 37.4 Å². The Kier molecular flexibility index (Phi) is 3.14. The summed E-state index contributed by atoms with van der Waals surface area (Å²) in [6, 6.07) is 9.42. The van der Waals surface area contributed by atoms with Gasteiger partial charge in [-0.2, -0.15) is 0 Å². The lowest BCUT2D eigenvalue weighted by Gasteiger charge is -2.02. The van der Waals surface area contributed by atoms with Crippen LogP contribution in [0.1, 0.15) is 0 Å². The van der Waals surface area contributed by atoms with Gasteiger partial charge in [0.15, 0.2) is 0 Å². The van der Waals surface area contributed by atoms with Crippen molar-refractivity contribution in [2.24, 2.45) is 0 Å². The summed E-state index contributed by atoms with van der Waals surface area (Å²) in [4.78, 5) is 10.6. The molecule has 3 heteroatoms. The molecule has 0 aliphatic carbocycles. The quantitative estimate of drug-likeness (QED) is 0.687. The number of hydrogen-bond acceptors (Lipinski definition) is 3. The maximum atomic E-state index is 10.6. The highest BCUT2D eigenvalue weighted by Crippen LogP contribution is 2.03. The van der Waals surface area contributed by atoms with Crippen LogP contribution in [0.3, 0.4) is 0 Å². The molecule has 0 aromatic heterocycles. The molecule has 1 aromatic carbocycles. The van der Waals surface area contributed by atoms with Gasteiger partial charge in [0.1, 0.15) is 13.7 Å². The highest BCUT2D eigenvalue weighted by Gasteiger charge is 1.97. The molecule has 63 valence electrons. The molecule has 3 nitrogen and oxygen atoms in total. The average molecular weight is 164 g/mol. The second kappa shape index (κ2) is 4.38. The molecule has 0 saturated carbocycles. The Morgan fingerprint density at radius 1 is 1.42 bits per heavy atom. The molecule has 0 saturated heterocycles. The van der Waals surface area contributed by atoms with Crippen molar-refractivity contribution in [3.63, 3.8) is 0 Å². The summed E-state index contributed by atoms with van der Waals surface area (Å²) in [5, 5.41) is 2.88. The summed E-state index contributed by atoms with van der Waals surface area (Å²) >= 11 is 0. The Morgan fingerprint density at radius 3 is 2.67 bits per heavy atom. The molecule has 0 spiro atoms. The Bertz CT molecular complexity index is 246. The highest BCUT2D eigenvalue weighted by molar-refractivity contribution is 5.74. The number of esters is 1. The second-order valence-corrected chi connectivity index (χ2v) is 2.24. The molecule has 1 N–H and O–H groups in total. The van der Waals surface area contributed by atoms with Gasteiger partial charge in [0.05, 0.1) is 0 Å². The largest absolute Gasteiger partial charge is 0.461 e. The van der Waals surface area contributed by atoms with Crippen molar-refractivity contribution in [2.45, 2.75) is 0 Å². The SMILES string of the molecule is [CH2]OC(=O)CNc1ccccc1. The zero-order valence-corrected chi connectivity index (χ0v) is 6.62. The minimum atomic E-state index is -0.376. The van der Waals surface area contributed by atoms with Crippen LogP contribution < -0.4 is 5.32 Å². The molecule has 0 fully saturated rings. The van der Waals surface area contributed by atoms with Crippen LogP contribution in [0.2, 0.25) is 0 Å². The zero-order chi connectivity index (χ0) is 8.81. The standard InChI is InChI=1S/C9H10NO2/c1-12-9(11)7-10-8-5-3-2-4-6-8/h2-6,10H,1,7H2. The first-order valence-corrected chi connectivity index (χ1v) is 3.56. The third kappa shape index (κ3) is 2.62. The van der Waals surface area contributed by atoms with Gasteiger partial charge in [0.25, 0.3) is 0 Å². The minimum absolute atomic E-state index is 0.146. The van der Waals surface area contributed by atoms with Crippen molar-refractivity contribution >= 4 is 11.7 Å². The van der Waals surface area contributed by atoms with Crippen LogP contribution in [0.4, 0.5) is 5.69 Å². The summed E-state index contributed by atoms with van der Waals surface area (Å²) in [5.41, 5.74) is 0.892. The Morgan fingerprint density at radius 2 is 2.08 bits per heavy atom. The monoisotopic (exact) mass is 164 g/mol. The van der Waals surface area contributed by atoms with Crippen molar-refractivity contribution in [1.29, 1.82) is 0 Å². The third-order valence-electron chi connectivity index (χ3n) is 1.37. The summed E-state index contributed by atoms with van der Waals surface area (Å²) in [6.45, 7) is 0.146. The van der Waals surface area contributed by atoms with E-state index in [4.69, 9.17) is 0 Å². The van der Waals surface area contributed by atoms with Crippen molar-refractivity contribution in [3.8, 4) is 0 Å². The Labute approximate surface area is 71.4 Å². The first kappa shape index (κ1) is 8.59. The number of benzene rings is 1. The van der Waals surface area contributed by atoms with Crippen LogP contribution >= 0.6 is 0 Å². The van der Waals surface area contributed by atoms with Gasteiger partial charge in [-0.05, 0) is 12.1 Å². The second-order valence-electron chi connectivity index (χ2n) is 2.24. The topological polar surface area (TPSA) is 38.3 Å². The van der Waals surface area contributed by atoms with Crippen LogP contribution in [0.25, 0.3) is 0 Å². The minimum Gasteiger partial charge on any atom is -0.461 e. The van der Waals surface area contributed by atoms with E-state index in [9.17, 15) is 4.79 Å². The molecule has 0 aliphatic heterocycles. The predicted octanol–water partition coefficient (Wildman–Crippen LogP) is 1.43. The molecule has 1 radical (unpaired) electrons. The molecule has 12 heavy (non-hydrogen) atoms. The van der Waals surface area contributed by atoms with Crippen molar-refractivity contribution in [1.82, 2.24) is 0 Å². The van der Waals surface area contributed by atoms with Crippen LogP contribution in [0.5, 0.6) is 0 Å². The number of ether oxygens (including phenoxy) is 1. The lowest BCUT2D eigenvalue weighted by molar-refractivity contribution is -0.136. The van der Waals surface area contributed by atoms with Crippen LogP contribution in [0.15, 0.2) is 30.3 Å². The van der Waals surface area contributed by atoms with Crippen molar-refractivity contribution < 1.29 is 9.53 Å². The molecule has 0 atom stereocenters. The average Bonchev–Trinajstić information content (AvgIpc) is 2.16. The van der Waals surface area contributed by atoms with E-state index >= 15 is 0 Å². The molecule has 0 bridgehead atoms. The number of rotatable bonds is 3.